The zero-order chi connectivity index (χ0) is 28.1. The van der Waals surface area contributed by atoms with Crippen LogP contribution in [0.1, 0.15) is 48.5 Å². The van der Waals surface area contributed by atoms with Gasteiger partial charge in [-0.25, -0.2) is 0 Å². The number of rotatable bonds is 1. The molecular formula is C27H20N4O8. The molecule has 0 spiro atoms. The SMILES string of the molecule is COc1c2c(c(O)c3c1C(=O)c1c(cc(O)c(C)c1O)C3=O)-c1c(cc3cnn(C(=N)N)c(=O)c3c1O)CC2. The summed E-state index contributed by atoms with van der Waals surface area (Å²) in [7, 11) is 1.29. The molecule has 39 heavy (non-hydrogen) atoms. The number of aryl methyl sites for hydroxylation is 1. The molecular weight excluding hydrogens is 508 g/mol. The minimum atomic E-state index is -0.863. The molecule has 0 saturated carbocycles. The maximum Gasteiger partial charge on any atom is 0.285 e. The molecule has 0 bridgehead atoms. The summed E-state index contributed by atoms with van der Waals surface area (Å²) in [5.74, 6) is -4.43. The maximum absolute atomic E-state index is 13.7. The standard InChI is InChI=1S/C27H20N4O8/c1-8-13(32)6-12-17(20(8)33)24(37)19-18(21(12)34)23(36)16-11(25(19)39-2)4-3-9-5-10-7-30-31(27(28)29)26(38)15(10)22(35)14(9)16/h5-7,32-33,35-36H,3-4H2,1-2H3,(H3,28,29). The Morgan fingerprint density at radius 3 is 2.33 bits per heavy atom. The highest BCUT2D eigenvalue weighted by atomic mass is 16.5. The molecule has 7 N–H and O–H groups in total. The average molecular weight is 528 g/mol. The number of benzene rings is 3. The van der Waals surface area contributed by atoms with Crippen molar-refractivity contribution < 1.29 is 34.8 Å². The number of phenolic OH excluding ortho intramolecular Hbond substituents is 4. The molecule has 0 amide bonds. The zero-order valence-electron chi connectivity index (χ0n) is 20.5. The van der Waals surface area contributed by atoms with E-state index in [1.54, 1.807) is 6.07 Å². The monoisotopic (exact) mass is 528 g/mol. The van der Waals surface area contributed by atoms with Crippen molar-refractivity contribution in [2.24, 2.45) is 5.73 Å². The Hall–Kier alpha value is -5.39. The summed E-state index contributed by atoms with van der Waals surface area (Å²) in [4.78, 5) is 40.4. The van der Waals surface area contributed by atoms with Crippen LogP contribution in [0, 0.1) is 12.3 Å². The third-order valence-corrected chi connectivity index (χ3v) is 7.44. The fraction of sp³-hybridized carbons (Fsp3) is 0.148. The van der Waals surface area contributed by atoms with Crippen LogP contribution in [0.25, 0.3) is 21.9 Å². The van der Waals surface area contributed by atoms with E-state index in [9.17, 15) is 34.8 Å². The molecule has 3 aromatic carbocycles. The minimum absolute atomic E-state index is 0.00185. The lowest BCUT2D eigenvalue weighted by Gasteiger charge is -2.29. The van der Waals surface area contributed by atoms with E-state index in [1.165, 1.54) is 20.2 Å². The number of ether oxygens (including phenoxy) is 1. The number of nitrogens with zero attached hydrogens (tertiary/aromatic N) is 2. The molecule has 196 valence electrons. The van der Waals surface area contributed by atoms with Crippen molar-refractivity contribution in [2.75, 3.05) is 7.11 Å². The molecule has 2 aliphatic carbocycles. The van der Waals surface area contributed by atoms with Gasteiger partial charge in [-0.1, -0.05) is 0 Å². The second kappa shape index (κ2) is 7.81. The van der Waals surface area contributed by atoms with E-state index in [1.807, 2.05) is 0 Å². The number of carbonyl (C=O) groups excluding carboxylic acids is 2. The van der Waals surface area contributed by atoms with Crippen LogP contribution in [-0.4, -0.2) is 54.8 Å². The molecule has 0 fully saturated rings. The lowest BCUT2D eigenvalue weighted by Crippen LogP contribution is -2.34. The molecule has 4 aromatic rings. The Morgan fingerprint density at radius 2 is 1.67 bits per heavy atom. The first-order valence-corrected chi connectivity index (χ1v) is 11.7. The number of fused-ring (bicyclic) bond motifs is 6. The van der Waals surface area contributed by atoms with E-state index in [0.717, 1.165) is 6.07 Å². The van der Waals surface area contributed by atoms with E-state index in [4.69, 9.17) is 15.9 Å². The fourth-order valence-electron chi connectivity index (χ4n) is 5.62. The van der Waals surface area contributed by atoms with Gasteiger partial charge in [0.1, 0.15) is 28.7 Å². The third kappa shape index (κ3) is 2.90. The number of hydrogen-bond donors (Lipinski definition) is 6. The Kier molecular flexibility index (Phi) is 4.80. The highest BCUT2D eigenvalue weighted by Crippen LogP contribution is 2.54. The fourth-order valence-corrected chi connectivity index (χ4v) is 5.62. The van der Waals surface area contributed by atoms with Crippen LogP contribution in [-0.2, 0) is 12.8 Å². The summed E-state index contributed by atoms with van der Waals surface area (Å²) in [6, 6.07) is 2.66. The number of aromatic nitrogens is 2. The molecule has 12 nitrogen and oxygen atoms in total. The molecule has 0 saturated heterocycles. The van der Waals surface area contributed by atoms with Gasteiger partial charge >= 0.3 is 0 Å². The highest BCUT2D eigenvalue weighted by Gasteiger charge is 2.42. The summed E-state index contributed by atoms with van der Waals surface area (Å²) in [6.45, 7) is 1.39. The van der Waals surface area contributed by atoms with Crippen molar-refractivity contribution >= 4 is 28.3 Å². The molecule has 0 radical (unpaired) electrons. The largest absolute Gasteiger partial charge is 0.508 e. The third-order valence-electron chi connectivity index (χ3n) is 7.44. The van der Waals surface area contributed by atoms with Crippen LogP contribution in [0.15, 0.2) is 23.1 Å². The number of ketones is 2. The van der Waals surface area contributed by atoms with Crippen LogP contribution in [0.2, 0.25) is 0 Å². The van der Waals surface area contributed by atoms with Crippen molar-refractivity contribution in [1.29, 1.82) is 5.41 Å². The topological polar surface area (TPSA) is 209 Å². The Balaban J connectivity index is 1.74. The van der Waals surface area contributed by atoms with Crippen molar-refractivity contribution in [2.45, 2.75) is 19.8 Å². The minimum Gasteiger partial charge on any atom is -0.508 e. The smallest absolute Gasteiger partial charge is 0.285 e. The molecule has 0 unspecified atom stereocenters. The van der Waals surface area contributed by atoms with E-state index in [-0.39, 0.29) is 56.3 Å². The number of aromatic hydroxyl groups is 4. The van der Waals surface area contributed by atoms with E-state index >= 15 is 0 Å². The first-order chi connectivity index (χ1) is 18.5. The first-order valence-electron chi connectivity index (χ1n) is 11.7. The highest BCUT2D eigenvalue weighted by molar-refractivity contribution is 6.32. The number of nitrogens with two attached hydrogens (primary N) is 1. The van der Waals surface area contributed by atoms with Crippen molar-refractivity contribution in [1.82, 2.24) is 9.78 Å². The van der Waals surface area contributed by atoms with Gasteiger partial charge in [0.25, 0.3) is 5.56 Å². The molecule has 2 aliphatic rings. The van der Waals surface area contributed by atoms with E-state index < -0.39 is 51.6 Å². The van der Waals surface area contributed by atoms with Gasteiger partial charge in [0.2, 0.25) is 11.7 Å². The van der Waals surface area contributed by atoms with Gasteiger partial charge in [0.15, 0.2) is 5.78 Å². The van der Waals surface area contributed by atoms with Gasteiger partial charge in [-0.15, -0.1) is 0 Å². The molecule has 1 aromatic heterocycles. The van der Waals surface area contributed by atoms with Crippen LogP contribution in [0.3, 0.4) is 0 Å². The van der Waals surface area contributed by atoms with Crippen LogP contribution in [0.4, 0.5) is 0 Å². The van der Waals surface area contributed by atoms with Gasteiger partial charge in [-0.2, -0.15) is 9.78 Å². The van der Waals surface area contributed by atoms with Crippen LogP contribution < -0.4 is 16.0 Å². The van der Waals surface area contributed by atoms with Gasteiger partial charge in [0.05, 0.1) is 35.4 Å². The number of carbonyl (C=O) groups is 2. The Labute approximate surface area is 218 Å². The van der Waals surface area contributed by atoms with Crippen LogP contribution in [0.5, 0.6) is 28.7 Å². The summed E-state index contributed by atoms with van der Waals surface area (Å²) in [5.41, 5.74) is 4.21. The predicted octanol–water partition coefficient (Wildman–Crippen LogP) is 1.82. The average Bonchev–Trinajstić information content (AvgIpc) is 2.89. The lowest BCUT2D eigenvalue weighted by molar-refractivity contribution is 0.0971. The summed E-state index contributed by atoms with van der Waals surface area (Å²) < 4.78 is 6.20. The number of phenols is 4. The molecule has 1 heterocycles. The normalized spacial score (nSPS) is 13.5. The lowest BCUT2D eigenvalue weighted by atomic mass is 9.75. The summed E-state index contributed by atoms with van der Waals surface area (Å²) in [5, 5.41) is 55.3. The Morgan fingerprint density at radius 1 is 0.949 bits per heavy atom. The second-order valence-electron chi connectivity index (χ2n) is 9.41. The van der Waals surface area contributed by atoms with Gasteiger partial charge < -0.3 is 30.9 Å². The molecule has 0 atom stereocenters. The van der Waals surface area contributed by atoms with Crippen molar-refractivity contribution in [3.63, 3.8) is 0 Å². The number of nitrogens with one attached hydrogen (secondary N) is 1. The van der Waals surface area contributed by atoms with Gasteiger partial charge in [0, 0.05) is 33.2 Å². The second-order valence-corrected chi connectivity index (χ2v) is 9.41. The van der Waals surface area contributed by atoms with Gasteiger partial charge in [-0.3, -0.25) is 19.8 Å². The summed E-state index contributed by atoms with van der Waals surface area (Å²) >= 11 is 0. The quantitative estimate of drug-likeness (QED) is 0.137. The van der Waals surface area contributed by atoms with E-state index in [2.05, 4.69) is 5.10 Å². The number of hydrogen-bond acceptors (Lipinski definition) is 10. The van der Waals surface area contributed by atoms with Gasteiger partial charge in [-0.05, 0) is 37.5 Å². The van der Waals surface area contributed by atoms with E-state index in [0.29, 0.717) is 22.2 Å². The first kappa shape index (κ1) is 24.0. The predicted molar refractivity (Wildman–Crippen MR) is 137 cm³/mol. The maximum atomic E-state index is 13.7. The summed E-state index contributed by atoms with van der Waals surface area (Å²) in [6.07, 6.45) is 1.83. The van der Waals surface area contributed by atoms with Crippen molar-refractivity contribution in [3.8, 4) is 39.9 Å². The van der Waals surface area contributed by atoms with Crippen LogP contribution >= 0.6 is 0 Å². The molecule has 12 heteroatoms. The Bertz CT molecular complexity index is 1940. The number of nitrogen functional groups attached to an aromatic ring is 1. The molecule has 0 aliphatic heterocycles. The number of methoxy groups -OCH3 is 1. The van der Waals surface area contributed by atoms with Crippen molar-refractivity contribution in [3.05, 3.63) is 67.6 Å². The zero-order valence-corrected chi connectivity index (χ0v) is 20.5. The molecule has 6 rings (SSSR count).